The first-order valence-corrected chi connectivity index (χ1v) is 7.36. The first-order valence-electron chi connectivity index (χ1n) is 6.98. The minimum atomic E-state index is -0.429. The van der Waals surface area contributed by atoms with Gasteiger partial charge in [-0.3, -0.25) is 4.79 Å². The predicted molar refractivity (Wildman–Crippen MR) is 82.2 cm³/mol. The number of amides is 1. The molecule has 3 rings (SSSR count). The Morgan fingerprint density at radius 1 is 1.19 bits per heavy atom. The monoisotopic (exact) mass is 303 g/mol. The molecule has 0 aliphatic carbocycles. The molecular formula is C17H15ClFNO. The molecule has 2 nitrogen and oxygen atoms in total. The summed E-state index contributed by atoms with van der Waals surface area (Å²) in [5, 5.41) is 0.300. The molecule has 1 amide bonds. The maximum Gasteiger partial charge on any atom is 0.231 e. The minimum absolute atomic E-state index is 0.0140. The third-order valence-electron chi connectivity index (χ3n) is 3.80. The molecular weight excluding hydrogens is 289 g/mol. The van der Waals surface area contributed by atoms with Crippen LogP contribution >= 0.6 is 11.6 Å². The van der Waals surface area contributed by atoms with Gasteiger partial charge in [0.1, 0.15) is 5.82 Å². The van der Waals surface area contributed by atoms with Gasteiger partial charge < -0.3 is 4.90 Å². The number of carbonyl (C=O) groups excluding carboxylic acids is 1. The SMILES string of the molecule is O=C(Cc1c(F)cccc1Cl)N1CCCc2ccccc21. The summed E-state index contributed by atoms with van der Waals surface area (Å²) in [6.07, 6.45) is 1.88. The van der Waals surface area contributed by atoms with Crippen molar-refractivity contribution in [1.29, 1.82) is 0 Å². The summed E-state index contributed by atoms with van der Waals surface area (Å²) < 4.78 is 13.8. The molecule has 2 aromatic carbocycles. The normalized spacial score (nSPS) is 13.9. The molecule has 0 fully saturated rings. The standard InChI is InChI=1S/C17H15ClFNO/c18-14-7-3-8-15(19)13(14)11-17(21)20-10-4-6-12-5-1-2-9-16(12)20/h1-3,5,7-9H,4,6,10-11H2. The summed E-state index contributed by atoms with van der Waals surface area (Å²) in [6.45, 7) is 0.669. The van der Waals surface area contributed by atoms with Crippen LogP contribution in [0.2, 0.25) is 5.02 Å². The third-order valence-corrected chi connectivity index (χ3v) is 4.16. The van der Waals surface area contributed by atoms with Gasteiger partial charge in [-0.1, -0.05) is 35.9 Å². The van der Waals surface area contributed by atoms with Gasteiger partial charge in [0, 0.05) is 22.8 Å². The molecule has 0 saturated heterocycles. The Morgan fingerprint density at radius 2 is 2.00 bits per heavy atom. The van der Waals surface area contributed by atoms with Crippen molar-refractivity contribution in [3.8, 4) is 0 Å². The van der Waals surface area contributed by atoms with E-state index >= 15 is 0 Å². The molecule has 1 aliphatic rings. The predicted octanol–water partition coefficient (Wildman–Crippen LogP) is 4.00. The fourth-order valence-corrected chi connectivity index (χ4v) is 2.97. The Kier molecular flexibility index (Phi) is 3.93. The highest BCUT2D eigenvalue weighted by molar-refractivity contribution is 6.31. The number of carbonyl (C=O) groups is 1. The summed E-state index contributed by atoms with van der Waals surface area (Å²) in [7, 11) is 0. The van der Waals surface area contributed by atoms with Crippen LogP contribution in [-0.2, 0) is 17.6 Å². The summed E-state index contributed by atoms with van der Waals surface area (Å²) in [6, 6.07) is 12.3. The average molecular weight is 304 g/mol. The smallest absolute Gasteiger partial charge is 0.231 e. The van der Waals surface area contributed by atoms with E-state index in [1.807, 2.05) is 24.3 Å². The first kappa shape index (κ1) is 14.1. The van der Waals surface area contributed by atoms with Crippen LogP contribution in [0.5, 0.6) is 0 Å². The summed E-state index contributed by atoms with van der Waals surface area (Å²) in [5.74, 6) is -0.546. The second-order valence-corrected chi connectivity index (χ2v) is 5.56. The summed E-state index contributed by atoms with van der Waals surface area (Å²) in [5.41, 5.74) is 2.37. The zero-order valence-electron chi connectivity index (χ0n) is 11.5. The van der Waals surface area contributed by atoms with Gasteiger partial charge in [0.2, 0.25) is 5.91 Å². The van der Waals surface area contributed by atoms with Crippen molar-refractivity contribution >= 4 is 23.2 Å². The lowest BCUT2D eigenvalue weighted by Crippen LogP contribution is -2.36. The Hall–Kier alpha value is -1.87. The number of nitrogens with zero attached hydrogens (tertiary/aromatic N) is 1. The molecule has 21 heavy (non-hydrogen) atoms. The number of hydrogen-bond acceptors (Lipinski definition) is 1. The van der Waals surface area contributed by atoms with Crippen molar-refractivity contribution in [1.82, 2.24) is 0 Å². The van der Waals surface area contributed by atoms with Gasteiger partial charge in [0.05, 0.1) is 6.42 Å². The van der Waals surface area contributed by atoms with Gasteiger partial charge in [-0.2, -0.15) is 0 Å². The quantitative estimate of drug-likeness (QED) is 0.821. The number of anilines is 1. The Labute approximate surface area is 128 Å². The number of para-hydroxylation sites is 1. The number of hydrogen-bond donors (Lipinski definition) is 0. The number of aryl methyl sites for hydroxylation is 1. The van der Waals surface area contributed by atoms with Crippen molar-refractivity contribution in [2.45, 2.75) is 19.3 Å². The fraction of sp³-hybridized carbons (Fsp3) is 0.235. The lowest BCUT2D eigenvalue weighted by atomic mass is 10.0. The van der Waals surface area contributed by atoms with Crippen LogP contribution in [0.25, 0.3) is 0 Å². The second-order valence-electron chi connectivity index (χ2n) is 5.15. The van der Waals surface area contributed by atoms with Gasteiger partial charge in [0.15, 0.2) is 0 Å². The number of fused-ring (bicyclic) bond motifs is 1. The topological polar surface area (TPSA) is 20.3 Å². The Balaban J connectivity index is 1.87. The van der Waals surface area contributed by atoms with Gasteiger partial charge in [0.25, 0.3) is 0 Å². The van der Waals surface area contributed by atoms with E-state index in [4.69, 9.17) is 11.6 Å². The van der Waals surface area contributed by atoms with Crippen LogP contribution in [0.1, 0.15) is 17.5 Å². The summed E-state index contributed by atoms with van der Waals surface area (Å²) in [4.78, 5) is 14.3. The molecule has 0 bridgehead atoms. The largest absolute Gasteiger partial charge is 0.312 e. The van der Waals surface area contributed by atoms with Crippen molar-refractivity contribution in [3.63, 3.8) is 0 Å². The highest BCUT2D eigenvalue weighted by atomic mass is 35.5. The molecule has 0 N–H and O–H groups in total. The van der Waals surface area contributed by atoms with E-state index in [-0.39, 0.29) is 17.9 Å². The van der Waals surface area contributed by atoms with E-state index in [0.717, 1.165) is 24.1 Å². The van der Waals surface area contributed by atoms with E-state index in [1.54, 1.807) is 17.0 Å². The molecule has 0 radical (unpaired) electrons. The maximum atomic E-state index is 13.8. The van der Waals surface area contributed by atoms with Crippen LogP contribution in [0, 0.1) is 5.82 Å². The zero-order chi connectivity index (χ0) is 14.8. The third kappa shape index (κ3) is 2.79. The van der Waals surface area contributed by atoms with Crippen molar-refractivity contribution in [3.05, 3.63) is 64.4 Å². The van der Waals surface area contributed by atoms with Gasteiger partial charge >= 0.3 is 0 Å². The molecule has 0 spiro atoms. The van der Waals surface area contributed by atoms with Gasteiger partial charge in [-0.25, -0.2) is 4.39 Å². The van der Waals surface area contributed by atoms with Crippen LogP contribution in [-0.4, -0.2) is 12.5 Å². The van der Waals surface area contributed by atoms with E-state index in [9.17, 15) is 9.18 Å². The molecule has 2 aromatic rings. The van der Waals surface area contributed by atoms with Crippen molar-refractivity contribution in [2.75, 3.05) is 11.4 Å². The van der Waals surface area contributed by atoms with Crippen molar-refractivity contribution < 1.29 is 9.18 Å². The van der Waals surface area contributed by atoms with Gasteiger partial charge in [-0.15, -0.1) is 0 Å². The lowest BCUT2D eigenvalue weighted by Gasteiger charge is -2.29. The minimum Gasteiger partial charge on any atom is -0.312 e. The van der Waals surface area contributed by atoms with Gasteiger partial charge in [-0.05, 0) is 36.6 Å². The molecule has 0 saturated carbocycles. The van der Waals surface area contributed by atoms with Crippen LogP contribution in [0.3, 0.4) is 0 Å². The number of rotatable bonds is 2. The van der Waals surface area contributed by atoms with Crippen molar-refractivity contribution in [2.24, 2.45) is 0 Å². The molecule has 0 aromatic heterocycles. The Morgan fingerprint density at radius 3 is 2.81 bits per heavy atom. The zero-order valence-corrected chi connectivity index (χ0v) is 12.2. The lowest BCUT2D eigenvalue weighted by molar-refractivity contribution is -0.118. The number of benzene rings is 2. The molecule has 108 valence electrons. The molecule has 0 atom stereocenters. The van der Waals surface area contributed by atoms with E-state index < -0.39 is 5.82 Å². The Bertz CT molecular complexity index is 666. The summed E-state index contributed by atoms with van der Waals surface area (Å²) >= 11 is 6.00. The maximum absolute atomic E-state index is 13.8. The first-order chi connectivity index (χ1) is 10.2. The van der Waals surface area contributed by atoms with E-state index in [1.165, 1.54) is 6.07 Å². The van der Waals surface area contributed by atoms with E-state index in [0.29, 0.717) is 11.6 Å². The highest BCUT2D eigenvalue weighted by Gasteiger charge is 2.23. The van der Waals surface area contributed by atoms with E-state index in [2.05, 4.69) is 0 Å². The van der Waals surface area contributed by atoms with Crippen LogP contribution < -0.4 is 4.90 Å². The second kappa shape index (κ2) is 5.86. The fourth-order valence-electron chi connectivity index (χ4n) is 2.74. The van der Waals surface area contributed by atoms with Crippen LogP contribution in [0.15, 0.2) is 42.5 Å². The molecule has 0 unspecified atom stereocenters. The molecule has 1 aliphatic heterocycles. The molecule has 1 heterocycles. The number of halogens is 2. The highest BCUT2D eigenvalue weighted by Crippen LogP contribution is 2.28. The molecule has 4 heteroatoms. The van der Waals surface area contributed by atoms with Crippen LogP contribution in [0.4, 0.5) is 10.1 Å². The average Bonchev–Trinajstić information content (AvgIpc) is 2.50.